The highest BCUT2D eigenvalue weighted by molar-refractivity contribution is 7.99. The molecule has 0 atom stereocenters. The van der Waals surface area contributed by atoms with E-state index >= 15 is 0 Å². The van der Waals surface area contributed by atoms with Crippen LogP contribution in [0.5, 0.6) is 0 Å². The van der Waals surface area contributed by atoms with E-state index in [2.05, 4.69) is 15.5 Å². The molecule has 0 fully saturated rings. The summed E-state index contributed by atoms with van der Waals surface area (Å²) < 4.78 is 31.4. The number of amides is 1. The maximum absolute atomic E-state index is 13.1. The second kappa shape index (κ2) is 7.22. The molecule has 5 nitrogen and oxygen atoms in total. The largest absolute Gasteiger partial charge is 0.411 e. The lowest BCUT2D eigenvalue weighted by atomic mass is 10.2. The molecule has 8 heteroatoms. The van der Waals surface area contributed by atoms with Gasteiger partial charge in [-0.15, -0.1) is 10.2 Å². The normalized spacial score (nSPS) is 10.6. The van der Waals surface area contributed by atoms with Crippen LogP contribution in [0.1, 0.15) is 0 Å². The van der Waals surface area contributed by atoms with Crippen LogP contribution in [0.15, 0.2) is 58.2 Å². The second-order valence-corrected chi connectivity index (χ2v) is 5.63. The summed E-state index contributed by atoms with van der Waals surface area (Å²) in [6, 6.07) is 12.4. The maximum atomic E-state index is 13.1. The van der Waals surface area contributed by atoms with Gasteiger partial charge in [0.15, 0.2) is 11.6 Å². The molecule has 0 spiro atoms. The van der Waals surface area contributed by atoms with E-state index in [1.54, 1.807) is 0 Å². The molecule has 0 bridgehead atoms. The number of carbonyl (C=O) groups excluding carboxylic acids is 1. The molecule has 0 saturated heterocycles. The molecule has 0 unspecified atom stereocenters. The van der Waals surface area contributed by atoms with E-state index in [9.17, 15) is 13.6 Å². The van der Waals surface area contributed by atoms with Crippen molar-refractivity contribution in [3.8, 4) is 11.5 Å². The molecule has 2 aromatic carbocycles. The molecule has 1 heterocycles. The Hall–Kier alpha value is -2.74. The number of hydrogen-bond acceptors (Lipinski definition) is 5. The van der Waals surface area contributed by atoms with Gasteiger partial charge in [0.05, 0.1) is 5.75 Å². The summed E-state index contributed by atoms with van der Waals surface area (Å²) in [6.45, 7) is 0. The molecule has 0 saturated carbocycles. The fourth-order valence-corrected chi connectivity index (χ4v) is 2.43. The van der Waals surface area contributed by atoms with Crippen molar-refractivity contribution in [1.82, 2.24) is 10.2 Å². The van der Waals surface area contributed by atoms with Crippen LogP contribution in [0, 0.1) is 11.6 Å². The highest BCUT2D eigenvalue weighted by Crippen LogP contribution is 2.23. The lowest BCUT2D eigenvalue weighted by Gasteiger charge is -2.04. The molecule has 0 radical (unpaired) electrons. The van der Waals surface area contributed by atoms with Crippen LogP contribution in [0.3, 0.4) is 0 Å². The first-order chi connectivity index (χ1) is 11.6. The summed E-state index contributed by atoms with van der Waals surface area (Å²) in [5.74, 6) is -2.04. The summed E-state index contributed by atoms with van der Waals surface area (Å²) in [5.41, 5.74) is 0.957. The van der Waals surface area contributed by atoms with Gasteiger partial charge in [0.25, 0.3) is 5.22 Å². The minimum atomic E-state index is -1.02. The minimum Gasteiger partial charge on any atom is -0.411 e. The van der Waals surface area contributed by atoms with Crippen molar-refractivity contribution in [2.75, 3.05) is 11.1 Å². The Kier molecular flexibility index (Phi) is 4.85. The molecular formula is C16H11F2N3O2S. The van der Waals surface area contributed by atoms with E-state index in [0.717, 1.165) is 29.5 Å². The standard InChI is InChI=1S/C16H11F2N3O2S/c17-12-7-6-11(8-13(12)18)19-14(22)9-24-16-21-20-15(23-16)10-4-2-1-3-5-10/h1-8H,9H2,(H,19,22). The molecule has 24 heavy (non-hydrogen) atoms. The van der Waals surface area contributed by atoms with Gasteiger partial charge < -0.3 is 9.73 Å². The van der Waals surface area contributed by atoms with E-state index in [4.69, 9.17) is 4.42 Å². The number of rotatable bonds is 5. The fourth-order valence-electron chi connectivity index (χ4n) is 1.86. The third kappa shape index (κ3) is 3.96. The summed E-state index contributed by atoms with van der Waals surface area (Å²) >= 11 is 1.05. The summed E-state index contributed by atoms with van der Waals surface area (Å²) in [6.07, 6.45) is 0. The van der Waals surface area contributed by atoms with Crippen LogP contribution >= 0.6 is 11.8 Å². The zero-order valence-corrected chi connectivity index (χ0v) is 13.0. The second-order valence-electron chi connectivity index (χ2n) is 4.70. The topological polar surface area (TPSA) is 68.0 Å². The predicted molar refractivity (Wildman–Crippen MR) is 85.4 cm³/mol. The van der Waals surface area contributed by atoms with Crippen LogP contribution < -0.4 is 5.32 Å². The number of thioether (sulfide) groups is 1. The van der Waals surface area contributed by atoms with Crippen molar-refractivity contribution >= 4 is 23.4 Å². The van der Waals surface area contributed by atoms with Crippen molar-refractivity contribution in [3.05, 3.63) is 60.2 Å². The molecule has 0 aliphatic heterocycles. The molecule has 0 aliphatic rings. The first kappa shape index (κ1) is 16.1. The van der Waals surface area contributed by atoms with Crippen LogP contribution in [-0.4, -0.2) is 21.9 Å². The Morgan fingerprint density at radius 2 is 1.88 bits per heavy atom. The zero-order chi connectivity index (χ0) is 16.9. The molecule has 0 aliphatic carbocycles. The monoisotopic (exact) mass is 347 g/mol. The van der Waals surface area contributed by atoms with Gasteiger partial charge in [0, 0.05) is 17.3 Å². The number of anilines is 1. The Morgan fingerprint density at radius 1 is 1.08 bits per heavy atom. The predicted octanol–water partition coefficient (Wildman–Crippen LogP) is 3.75. The van der Waals surface area contributed by atoms with E-state index in [-0.39, 0.29) is 16.7 Å². The molecule has 1 aromatic heterocycles. The number of benzene rings is 2. The highest BCUT2D eigenvalue weighted by Gasteiger charge is 2.12. The lowest BCUT2D eigenvalue weighted by molar-refractivity contribution is -0.113. The minimum absolute atomic E-state index is 0.00455. The fraction of sp³-hybridized carbons (Fsp3) is 0.0625. The third-order valence-corrected chi connectivity index (χ3v) is 3.78. The summed E-state index contributed by atoms with van der Waals surface area (Å²) in [4.78, 5) is 11.8. The smallest absolute Gasteiger partial charge is 0.277 e. The van der Waals surface area contributed by atoms with E-state index in [0.29, 0.717) is 5.89 Å². The maximum Gasteiger partial charge on any atom is 0.277 e. The highest BCUT2D eigenvalue weighted by atomic mass is 32.2. The van der Waals surface area contributed by atoms with Crippen LogP contribution in [0.2, 0.25) is 0 Å². The Labute approximate surface area is 140 Å². The van der Waals surface area contributed by atoms with Crippen molar-refractivity contribution in [2.24, 2.45) is 0 Å². The van der Waals surface area contributed by atoms with Gasteiger partial charge in [-0.1, -0.05) is 30.0 Å². The Bertz CT molecular complexity index is 856. The van der Waals surface area contributed by atoms with Gasteiger partial charge in [0.2, 0.25) is 11.8 Å². The van der Waals surface area contributed by atoms with Gasteiger partial charge in [0.1, 0.15) is 0 Å². The molecule has 3 aromatic rings. The zero-order valence-electron chi connectivity index (χ0n) is 12.2. The van der Waals surface area contributed by atoms with Crippen LogP contribution in [0.4, 0.5) is 14.5 Å². The van der Waals surface area contributed by atoms with Crippen molar-refractivity contribution in [1.29, 1.82) is 0 Å². The van der Waals surface area contributed by atoms with Crippen molar-refractivity contribution < 1.29 is 18.0 Å². The molecule has 1 amide bonds. The number of aromatic nitrogens is 2. The van der Waals surface area contributed by atoms with Gasteiger partial charge in [-0.25, -0.2) is 8.78 Å². The first-order valence-electron chi connectivity index (χ1n) is 6.88. The lowest BCUT2D eigenvalue weighted by Crippen LogP contribution is -2.14. The van der Waals surface area contributed by atoms with Gasteiger partial charge >= 0.3 is 0 Å². The summed E-state index contributed by atoms with van der Waals surface area (Å²) in [7, 11) is 0. The van der Waals surface area contributed by atoms with Crippen molar-refractivity contribution in [3.63, 3.8) is 0 Å². The summed E-state index contributed by atoms with van der Waals surface area (Å²) in [5, 5.41) is 10.5. The van der Waals surface area contributed by atoms with Gasteiger partial charge in [-0.05, 0) is 24.3 Å². The molecule has 3 rings (SSSR count). The van der Waals surface area contributed by atoms with E-state index < -0.39 is 17.5 Å². The SMILES string of the molecule is O=C(CSc1nnc(-c2ccccc2)o1)Nc1ccc(F)c(F)c1. The quantitative estimate of drug-likeness (QED) is 0.712. The van der Waals surface area contributed by atoms with Crippen LogP contribution in [-0.2, 0) is 4.79 Å². The molecule has 1 N–H and O–H groups in total. The van der Waals surface area contributed by atoms with E-state index in [1.165, 1.54) is 6.07 Å². The average molecular weight is 347 g/mol. The average Bonchev–Trinajstić information content (AvgIpc) is 3.06. The first-order valence-corrected chi connectivity index (χ1v) is 7.87. The van der Waals surface area contributed by atoms with E-state index in [1.807, 2.05) is 30.3 Å². The number of halogens is 2. The van der Waals surface area contributed by atoms with Crippen LogP contribution in [0.25, 0.3) is 11.5 Å². The Morgan fingerprint density at radius 3 is 2.62 bits per heavy atom. The number of nitrogens with one attached hydrogen (secondary N) is 1. The molecular weight excluding hydrogens is 336 g/mol. The Balaban J connectivity index is 1.56. The molecule has 122 valence electrons. The number of nitrogens with zero attached hydrogens (tertiary/aromatic N) is 2. The van der Waals surface area contributed by atoms with Crippen molar-refractivity contribution in [2.45, 2.75) is 5.22 Å². The van der Waals surface area contributed by atoms with Gasteiger partial charge in [-0.3, -0.25) is 4.79 Å². The number of hydrogen-bond donors (Lipinski definition) is 1. The third-order valence-electron chi connectivity index (χ3n) is 2.96. The van der Waals surface area contributed by atoms with Gasteiger partial charge in [-0.2, -0.15) is 0 Å². The number of carbonyl (C=O) groups is 1.